The molecule has 0 spiro atoms. The van der Waals surface area contributed by atoms with Crippen LogP contribution in [0.2, 0.25) is 0 Å². The summed E-state index contributed by atoms with van der Waals surface area (Å²) in [5.41, 5.74) is 5.87. The number of benzene rings is 1. The zero-order chi connectivity index (χ0) is 25.3. The number of hydrogen-bond donors (Lipinski definition) is 3. The van der Waals surface area contributed by atoms with E-state index in [0.717, 1.165) is 17.8 Å². The van der Waals surface area contributed by atoms with Gasteiger partial charge in [0.25, 0.3) is 11.8 Å². The molecular formula is C20H23F3N8O3S. The van der Waals surface area contributed by atoms with Crippen molar-refractivity contribution in [3.05, 3.63) is 51.7 Å². The summed E-state index contributed by atoms with van der Waals surface area (Å²) >= 11 is 1.23. The van der Waals surface area contributed by atoms with Crippen LogP contribution in [0.3, 0.4) is 0 Å². The predicted octanol–water partition coefficient (Wildman–Crippen LogP) is 1.67. The van der Waals surface area contributed by atoms with Gasteiger partial charge in [-0.15, -0.1) is 28.5 Å². The first-order valence-corrected chi connectivity index (χ1v) is 11.4. The van der Waals surface area contributed by atoms with Crippen molar-refractivity contribution in [1.29, 1.82) is 0 Å². The molecule has 0 aliphatic rings. The molecule has 0 aliphatic heterocycles. The second-order valence-electron chi connectivity index (χ2n) is 7.25. The highest BCUT2D eigenvalue weighted by Crippen LogP contribution is 2.23. The van der Waals surface area contributed by atoms with Gasteiger partial charge in [-0.1, -0.05) is 28.7 Å². The molecule has 188 valence electrons. The Kier molecular flexibility index (Phi) is 9.08. The summed E-state index contributed by atoms with van der Waals surface area (Å²) in [6.07, 6.45) is -1.17. The molecule has 0 unspecified atom stereocenters. The third kappa shape index (κ3) is 8.60. The number of aryl methyl sites for hydroxylation is 2. The number of rotatable bonds is 12. The molecule has 11 nitrogen and oxygen atoms in total. The van der Waals surface area contributed by atoms with Gasteiger partial charge in [-0.05, 0) is 30.5 Å². The number of amides is 2. The lowest BCUT2D eigenvalue weighted by molar-refractivity contribution is -0.274. The van der Waals surface area contributed by atoms with Gasteiger partial charge in [0.1, 0.15) is 10.8 Å². The van der Waals surface area contributed by atoms with Crippen LogP contribution in [0.4, 0.5) is 13.2 Å². The van der Waals surface area contributed by atoms with Gasteiger partial charge in [0.05, 0.1) is 6.20 Å². The van der Waals surface area contributed by atoms with E-state index in [2.05, 4.69) is 35.9 Å². The summed E-state index contributed by atoms with van der Waals surface area (Å²) in [7, 11) is 0. The maximum absolute atomic E-state index is 12.3. The van der Waals surface area contributed by atoms with E-state index in [1.807, 2.05) is 0 Å². The third-order valence-corrected chi connectivity index (χ3v) is 5.46. The Bertz CT molecular complexity index is 1130. The van der Waals surface area contributed by atoms with E-state index in [0.29, 0.717) is 36.6 Å². The SMILES string of the molecule is NCCNC(=O)c1nnc(CCCCn2cc(C(=O)NCc3cccc(OC(F)(F)F)c3)nn2)s1. The fraction of sp³-hybridized carbons (Fsp3) is 0.400. The van der Waals surface area contributed by atoms with Gasteiger partial charge in [-0.3, -0.25) is 14.3 Å². The molecule has 1 aromatic carbocycles. The third-order valence-electron chi connectivity index (χ3n) is 4.48. The van der Waals surface area contributed by atoms with Gasteiger partial charge < -0.3 is 21.1 Å². The highest BCUT2D eigenvalue weighted by atomic mass is 32.1. The molecule has 3 rings (SSSR count). The second kappa shape index (κ2) is 12.2. The summed E-state index contributed by atoms with van der Waals surface area (Å²) in [5, 5.41) is 21.9. The summed E-state index contributed by atoms with van der Waals surface area (Å²) in [5.74, 6) is -1.17. The lowest BCUT2D eigenvalue weighted by atomic mass is 10.2. The van der Waals surface area contributed by atoms with E-state index in [1.165, 1.54) is 40.4 Å². The Labute approximate surface area is 201 Å². The van der Waals surface area contributed by atoms with Crippen molar-refractivity contribution in [3.63, 3.8) is 0 Å². The van der Waals surface area contributed by atoms with E-state index in [1.54, 1.807) is 6.07 Å². The topological polar surface area (TPSA) is 150 Å². The van der Waals surface area contributed by atoms with Gasteiger partial charge in [0, 0.05) is 32.6 Å². The average molecular weight is 513 g/mol. The van der Waals surface area contributed by atoms with Gasteiger partial charge >= 0.3 is 6.36 Å². The maximum Gasteiger partial charge on any atom is 0.573 e. The molecule has 0 saturated heterocycles. The van der Waals surface area contributed by atoms with Crippen molar-refractivity contribution < 1.29 is 27.5 Å². The van der Waals surface area contributed by atoms with Gasteiger partial charge in [0.15, 0.2) is 5.69 Å². The monoisotopic (exact) mass is 512 g/mol. The summed E-state index contributed by atoms with van der Waals surface area (Å²) < 4.78 is 42.4. The van der Waals surface area contributed by atoms with E-state index in [4.69, 9.17) is 5.73 Å². The second-order valence-corrected chi connectivity index (χ2v) is 8.31. The molecule has 0 bridgehead atoms. The number of nitrogens with two attached hydrogens (primary N) is 1. The number of aromatic nitrogens is 5. The Morgan fingerprint density at radius 1 is 1.11 bits per heavy atom. The van der Waals surface area contributed by atoms with E-state index in [-0.39, 0.29) is 23.9 Å². The molecular weight excluding hydrogens is 489 g/mol. The fourth-order valence-corrected chi connectivity index (χ4v) is 3.69. The molecule has 15 heteroatoms. The minimum Gasteiger partial charge on any atom is -0.406 e. The van der Waals surface area contributed by atoms with Crippen LogP contribution in [0.15, 0.2) is 30.5 Å². The largest absolute Gasteiger partial charge is 0.573 e. The molecule has 0 aliphatic carbocycles. The number of nitrogens with zero attached hydrogens (tertiary/aromatic N) is 5. The molecule has 3 aromatic rings. The standard InChI is InChI=1S/C20H23F3N8O3S/c21-20(22,23)34-14-5-3-4-13(10-14)11-26-17(32)15-12-31(30-27-15)9-2-1-6-16-28-29-19(35-16)18(33)25-8-7-24/h3-5,10,12H,1-2,6-9,11,24H2,(H,25,33)(H,26,32). The molecule has 35 heavy (non-hydrogen) atoms. The van der Waals surface area contributed by atoms with E-state index >= 15 is 0 Å². The molecule has 4 N–H and O–H groups in total. The van der Waals surface area contributed by atoms with Gasteiger partial charge in [-0.2, -0.15) is 0 Å². The van der Waals surface area contributed by atoms with Crippen LogP contribution in [-0.4, -0.2) is 56.5 Å². The van der Waals surface area contributed by atoms with Crippen molar-refractivity contribution in [2.45, 2.75) is 38.7 Å². The normalized spacial score (nSPS) is 11.3. The van der Waals surface area contributed by atoms with Crippen LogP contribution in [0.25, 0.3) is 0 Å². The first-order valence-electron chi connectivity index (χ1n) is 10.6. The fourth-order valence-electron chi connectivity index (χ4n) is 2.89. The number of alkyl halides is 3. The van der Waals surface area contributed by atoms with Crippen molar-refractivity contribution >= 4 is 23.2 Å². The van der Waals surface area contributed by atoms with Crippen molar-refractivity contribution in [3.8, 4) is 5.75 Å². The van der Waals surface area contributed by atoms with E-state index < -0.39 is 12.3 Å². The van der Waals surface area contributed by atoms with Crippen molar-refractivity contribution in [2.75, 3.05) is 13.1 Å². The van der Waals surface area contributed by atoms with Crippen LogP contribution >= 0.6 is 11.3 Å². The lowest BCUT2D eigenvalue weighted by Gasteiger charge is -2.10. The zero-order valence-electron chi connectivity index (χ0n) is 18.4. The van der Waals surface area contributed by atoms with Crippen molar-refractivity contribution in [1.82, 2.24) is 35.8 Å². The number of halogens is 3. The Morgan fingerprint density at radius 3 is 2.71 bits per heavy atom. The molecule has 0 atom stereocenters. The van der Waals surface area contributed by atoms with E-state index in [9.17, 15) is 22.8 Å². The maximum atomic E-state index is 12.3. The number of carbonyl (C=O) groups is 2. The zero-order valence-corrected chi connectivity index (χ0v) is 19.2. The summed E-state index contributed by atoms with van der Waals surface area (Å²) in [6.45, 7) is 1.22. The van der Waals surface area contributed by atoms with Crippen LogP contribution in [0, 0.1) is 0 Å². The molecule has 2 amide bonds. The van der Waals surface area contributed by atoms with Crippen LogP contribution in [0.1, 0.15) is 43.7 Å². The molecule has 2 heterocycles. The number of carbonyl (C=O) groups excluding carboxylic acids is 2. The molecule has 0 saturated carbocycles. The van der Waals surface area contributed by atoms with Gasteiger partial charge in [-0.25, -0.2) is 0 Å². The number of hydrogen-bond acceptors (Lipinski definition) is 9. The average Bonchev–Trinajstić information content (AvgIpc) is 3.48. The minimum absolute atomic E-state index is 0.00513. The smallest absolute Gasteiger partial charge is 0.406 e. The summed E-state index contributed by atoms with van der Waals surface area (Å²) in [6, 6.07) is 5.33. The number of nitrogens with one attached hydrogen (secondary N) is 2. The van der Waals surface area contributed by atoms with Crippen LogP contribution in [0.5, 0.6) is 5.75 Å². The Balaban J connectivity index is 1.40. The first kappa shape index (κ1) is 26.0. The number of ether oxygens (including phenoxy) is 1. The lowest BCUT2D eigenvalue weighted by Crippen LogP contribution is -2.28. The molecule has 0 fully saturated rings. The predicted molar refractivity (Wildman–Crippen MR) is 119 cm³/mol. The number of unbranched alkanes of at least 4 members (excludes halogenated alkanes) is 1. The Morgan fingerprint density at radius 2 is 1.94 bits per heavy atom. The minimum atomic E-state index is -4.79. The van der Waals surface area contributed by atoms with Crippen molar-refractivity contribution in [2.24, 2.45) is 5.73 Å². The molecule has 0 radical (unpaired) electrons. The van der Waals surface area contributed by atoms with Crippen LogP contribution in [-0.2, 0) is 19.5 Å². The first-order chi connectivity index (χ1) is 16.7. The molecule has 2 aromatic heterocycles. The van der Waals surface area contributed by atoms with Crippen LogP contribution < -0.4 is 21.1 Å². The summed E-state index contributed by atoms with van der Waals surface area (Å²) in [4.78, 5) is 24.1. The highest BCUT2D eigenvalue weighted by molar-refractivity contribution is 7.13. The highest BCUT2D eigenvalue weighted by Gasteiger charge is 2.31. The van der Waals surface area contributed by atoms with Gasteiger partial charge in [0.2, 0.25) is 5.01 Å². The quantitative estimate of drug-likeness (QED) is 0.310. The Hall–Kier alpha value is -3.59.